The average Bonchev–Trinajstić information content (AvgIpc) is 2.82. The summed E-state index contributed by atoms with van der Waals surface area (Å²) >= 11 is 0. The van der Waals surface area contributed by atoms with Crippen molar-refractivity contribution in [3.8, 4) is 5.75 Å². The lowest BCUT2D eigenvalue weighted by Gasteiger charge is -2.31. The van der Waals surface area contributed by atoms with Crippen molar-refractivity contribution in [1.82, 2.24) is 0 Å². The summed E-state index contributed by atoms with van der Waals surface area (Å²) in [5.41, 5.74) is 0. The third-order valence-electron chi connectivity index (χ3n) is 6.03. The smallest absolute Gasteiger partial charge is 0.303 e. The lowest BCUT2D eigenvalue weighted by atomic mass is 10.1. The number of rotatable bonds is 21. The van der Waals surface area contributed by atoms with Gasteiger partial charge < -0.3 is 29.3 Å². The van der Waals surface area contributed by atoms with Gasteiger partial charge in [0.1, 0.15) is 25.0 Å². The van der Waals surface area contributed by atoms with Gasteiger partial charge in [-0.15, -0.1) is 0 Å². The summed E-state index contributed by atoms with van der Waals surface area (Å²) in [5, 5.41) is 28.2. The summed E-state index contributed by atoms with van der Waals surface area (Å²) in [7, 11) is 4.42. The molecular weight excluding hydrogens is 458 g/mol. The second-order valence-corrected chi connectivity index (χ2v) is 10.3. The van der Waals surface area contributed by atoms with Crippen molar-refractivity contribution in [1.29, 1.82) is 0 Å². The van der Waals surface area contributed by atoms with E-state index in [4.69, 9.17) is 9.84 Å². The highest BCUT2D eigenvalue weighted by molar-refractivity contribution is 5.67. The molecule has 1 aromatic rings. The van der Waals surface area contributed by atoms with Crippen LogP contribution >= 0.6 is 0 Å². The normalized spacial score (nSPS) is 11.9. The number of carboxylic acids is 2. The number of aliphatic hydroxyl groups is 1. The van der Waals surface area contributed by atoms with Gasteiger partial charge in [-0.05, 0) is 44.2 Å². The summed E-state index contributed by atoms with van der Waals surface area (Å²) in [5.74, 6) is -1.18. The van der Waals surface area contributed by atoms with Gasteiger partial charge in [0.15, 0.2) is 0 Å². The topological polar surface area (TPSA) is 107 Å². The number of carbonyl (C=O) groups is 2. The maximum atomic E-state index is 10.3. The molecule has 7 nitrogen and oxygen atoms in total. The standard InChI is InChI=1S/C23H42NO2.C6H10O4/c1-4-5-6-7-8-9-10-11-12-16-19-24(2,3)20-22(25)21-26-23-17-14-13-15-18-23;7-5(8)3-1-2-4-6(9)10/h13-15,17-18,22,25H,4-12,16,19-21H2,1-3H3;1-4H2,(H,7,8)(H,9,10)/q+1;/p-1. The Kier molecular flexibility index (Phi) is 20.8. The zero-order chi connectivity index (χ0) is 27.1. The second-order valence-electron chi connectivity index (χ2n) is 10.3. The Hall–Kier alpha value is -2.12. The Balaban J connectivity index is 0.00000103. The number of unbranched alkanes of at least 4 members (excludes halogenated alkanes) is 10. The molecule has 36 heavy (non-hydrogen) atoms. The van der Waals surface area contributed by atoms with Gasteiger partial charge in [0, 0.05) is 12.4 Å². The number of para-hydroxylation sites is 1. The fourth-order valence-electron chi connectivity index (χ4n) is 4.00. The van der Waals surface area contributed by atoms with Crippen LogP contribution in [0.15, 0.2) is 30.3 Å². The first-order chi connectivity index (χ1) is 17.2. The van der Waals surface area contributed by atoms with Gasteiger partial charge >= 0.3 is 5.97 Å². The molecule has 1 unspecified atom stereocenters. The molecule has 7 heteroatoms. The molecule has 1 rings (SSSR count). The maximum absolute atomic E-state index is 10.3. The molecule has 0 bridgehead atoms. The molecule has 0 spiro atoms. The lowest BCUT2D eigenvalue weighted by Crippen LogP contribution is -2.47. The maximum Gasteiger partial charge on any atom is 0.303 e. The van der Waals surface area contributed by atoms with Crippen LogP contribution in [0.25, 0.3) is 0 Å². The molecule has 1 atom stereocenters. The van der Waals surface area contributed by atoms with Gasteiger partial charge in [0.25, 0.3) is 0 Å². The molecule has 0 aliphatic carbocycles. The molecule has 1 aromatic carbocycles. The summed E-state index contributed by atoms with van der Waals surface area (Å²) in [6.45, 7) is 4.50. The molecule has 0 radical (unpaired) electrons. The minimum Gasteiger partial charge on any atom is -0.550 e. The van der Waals surface area contributed by atoms with Crippen molar-refractivity contribution in [2.24, 2.45) is 0 Å². The molecule has 0 saturated carbocycles. The van der Waals surface area contributed by atoms with Crippen LogP contribution in [0.4, 0.5) is 0 Å². The predicted molar refractivity (Wildman–Crippen MR) is 143 cm³/mol. The number of ether oxygens (including phenoxy) is 1. The van der Waals surface area contributed by atoms with Crippen LogP contribution in [0, 0.1) is 0 Å². The van der Waals surface area contributed by atoms with E-state index >= 15 is 0 Å². The fourth-order valence-corrected chi connectivity index (χ4v) is 4.00. The molecular formula is C29H51NO6. The number of carboxylic acid groups (broad SMARTS) is 2. The molecule has 2 N–H and O–H groups in total. The SMILES string of the molecule is CCCCCCCCCCCC[N+](C)(C)CC(O)COc1ccccc1.O=C([O-])CCCCC(=O)O. The third-order valence-corrected chi connectivity index (χ3v) is 6.03. The van der Waals surface area contributed by atoms with E-state index < -0.39 is 18.0 Å². The first-order valence-corrected chi connectivity index (χ1v) is 13.8. The van der Waals surface area contributed by atoms with Crippen LogP contribution in [-0.2, 0) is 9.59 Å². The molecule has 0 aliphatic heterocycles. The molecule has 0 heterocycles. The number of aliphatic carboxylic acids is 2. The van der Waals surface area contributed by atoms with E-state index in [1.54, 1.807) is 0 Å². The summed E-state index contributed by atoms with van der Waals surface area (Å²) in [4.78, 5) is 19.7. The number of hydrogen-bond acceptors (Lipinski definition) is 5. The van der Waals surface area contributed by atoms with Gasteiger partial charge in [-0.3, -0.25) is 4.79 Å². The van der Waals surface area contributed by atoms with Crippen LogP contribution in [-0.4, -0.2) is 66.5 Å². The van der Waals surface area contributed by atoms with Crippen LogP contribution in [0.2, 0.25) is 0 Å². The number of aliphatic hydroxyl groups excluding tert-OH is 1. The van der Waals surface area contributed by atoms with E-state index in [2.05, 4.69) is 21.0 Å². The number of carbonyl (C=O) groups excluding carboxylic acids is 1. The van der Waals surface area contributed by atoms with E-state index in [1.807, 2.05) is 30.3 Å². The summed E-state index contributed by atoms with van der Waals surface area (Å²) in [6.07, 6.45) is 14.0. The average molecular weight is 510 g/mol. The zero-order valence-corrected chi connectivity index (χ0v) is 23.0. The van der Waals surface area contributed by atoms with Gasteiger partial charge in [-0.1, -0.05) is 76.5 Å². The largest absolute Gasteiger partial charge is 0.550 e. The van der Waals surface area contributed by atoms with Crippen molar-refractivity contribution in [3.05, 3.63) is 30.3 Å². The number of likely N-dealkylation sites (N-methyl/N-ethyl adjacent to an activating group) is 1. The highest BCUT2D eigenvalue weighted by atomic mass is 16.5. The Morgan fingerprint density at radius 3 is 1.92 bits per heavy atom. The highest BCUT2D eigenvalue weighted by Crippen LogP contribution is 2.13. The van der Waals surface area contributed by atoms with E-state index in [0.29, 0.717) is 19.4 Å². The van der Waals surface area contributed by atoms with Crippen molar-refractivity contribution in [2.75, 3.05) is 33.8 Å². The summed E-state index contributed by atoms with van der Waals surface area (Å²) in [6, 6.07) is 9.72. The van der Waals surface area contributed by atoms with Crippen LogP contribution in [0.1, 0.15) is 96.8 Å². The first kappa shape index (κ1) is 33.9. The number of quaternary nitrogens is 1. The minimum absolute atomic E-state index is 0.0350. The van der Waals surface area contributed by atoms with Crippen LogP contribution < -0.4 is 9.84 Å². The van der Waals surface area contributed by atoms with E-state index in [0.717, 1.165) is 23.3 Å². The second kappa shape index (κ2) is 22.1. The highest BCUT2D eigenvalue weighted by Gasteiger charge is 2.20. The predicted octanol–water partition coefficient (Wildman–Crippen LogP) is 4.80. The fraction of sp³-hybridized carbons (Fsp3) is 0.724. The quantitative estimate of drug-likeness (QED) is 0.182. The molecule has 0 amide bonds. The molecule has 0 fully saturated rings. The molecule has 0 saturated heterocycles. The Bertz CT molecular complexity index is 649. The molecule has 208 valence electrons. The van der Waals surface area contributed by atoms with Crippen molar-refractivity contribution >= 4 is 11.9 Å². The van der Waals surface area contributed by atoms with Gasteiger partial charge in [-0.25, -0.2) is 0 Å². The number of hydrogen-bond donors (Lipinski definition) is 2. The first-order valence-electron chi connectivity index (χ1n) is 13.8. The van der Waals surface area contributed by atoms with Crippen molar-refractivity contribution in [3.63, 3.8) is 0 Å². The Morgan fingerprint density at radius 1 is 0.861 bits per heavy atom. The monoisotopic (exact) mass is 509 g/mol. The zero-order valence-electron chi connectivity index (χ0n) is 23.0. The number of benzene rings is 1. The minimum atomic E-state index is -1.12. The van der Waals surface area contributed by atoms with Crippen molar-refractivity contribution < 1.29 is 34.1 Å². The Morgan fingerprint density at radius 2 is 1.39 bits per heavy atom. The van der Waals surface area contributed by atoms with Crippen molar-refractivity contribution in [2.45, 2.75) is 103 Å². The van der Waals surface area contributed by atoms with E-state index in [9.17, 15) is 19.8 Å². The van der Waals surface area contributed by atoms with E-state index in [1.165, 1.54) is 64.2 Å². The third kappa shape index (κ3) is 23.6. The number of nitrogens with zero attached hydrogens (tertiary/aromatic N) is 1. The lowest BCUT2D eigenvalue weighted by molar-refractivity contribution is -0.893. The Labute approximate surface area is 219 Å². The van der Waals surface area contributed by atoms with Gasteiger partial charge in [-0.2, -0.15) is 0 Å². The molecule has 0 aromatic heterocycles. The summed E-state index contributed by atoms with van der Waals surface area (Å²) < 4.78 is 6.52. The van der Waals surface area contributed by atoms with Gasteiger partial charge in [0.2, 0.25) is 0 Å². The van der Waals surface area contributed by atoms with E-state index in [-0.39, 0.29) is 12.8 Å². The molecule has 0 aliphatic rings. The van der Waals surface area contributed by atoms with Crippen LogP contribution in [0.5, 0.6) is 5.75 Å². The van der Waals surface area contributed by atoms with Crippen LogP contribution in [0.3, 0.4) is 0 Å². The van der Waals surface area contributed by atoms with Gasteiger partial charge in [0.05, 0.1) is 20.6 Å².